The van der Waals surface area contributed by atoms with E-state index in [0.29, 0.717) is 45.6 Å². The molecule has 0 spiro atoms. The average molecular weight is 337 g/mol. The summed E-state index contributed by atoms with van der Waals surface area (Å²) in [4.78, 5) is 26.5. The van der Waals surface area contributed by atoms with Crippen molar-refractivity contribution in [1.29, 1.82) is 0 Å². The molecule has 0 aliphatic carbocycles. The molecule has 24 heavy (non-hydrogen) atoms. The monoisotopic (exact) mass is 337 g/mol. The topological polar surface area (TPSA) is 72.8 Å². The van der Waals surface area contributed by atoms with Crippen LogP contribution in [0.5, 0.6) is 0 Å². The van der Waals surface area contributed by atoms with Crippen LogP contribution in [0.15, 0.2) is 18.6 Å². The quantitative estimate of drug-likeness (QED) is 0.829. The van der Waals surface area contributed by atoms with Crippen LogP contribution in [0.1, 0.15) is 12.8 Å². The van der Waals surface area contributed by atoms with Crippen LogP contribution >= 0.6 is 0 Å². The van der Waals surface area contributed by atoms with E-state index in [1.807, 2.05) is 9.80 Å². The summed E-state index contributed by atoms with van der Waals surface area (Å²) in [6.45, 7) is 3.27. The lowest BCUT2D eigenvalue weighted by atomic mass is 9.95. The number of hydrogen-bond donors (Lipinski definition) is 1. The van der Waals surface area contributed by atoms with Gasteiger partial charge in [-0.2, -0.15) is 0 Å². The largest absolute Gasteiger partial charge is 0.393 e. The molecule has 1 aromatic heterocycles. The van der Waals surface area contributed by atoms with E-state index in [9.17, 15) is 14.3 Å². The Kier molecular flexibility index (Phi) is 5.25. The standard InChI is InChI=1S/C16H24FN5O2/c17-16(13-23)2-1-5-20(12-16)11-15(24)22-8-6-21(7-9-22)14-10-18-3-4-19-14/h3-4,10,23H,1-2,5-9,11-13H2. The highest BCUT2D eigenvalue weighted by atomic mass is 19.1. The van der Waals surface area contributed by atoms with Gasteiger partial charge in [0.25, 0.3) is 0 Å². The number of hydrogen-bond acceptors (Lipinski definition) is 6. The van der Waals surface area contributed by atoms with Crippen LogP contribution < -0.4 is 4.90 Å². The van der Waals surface area contributed by atoms with E-state index in [1.54, 1.807) is 18.6 Å². The van der Waals surface area contributed by atoms with Crippen molar-refractivity contribution in [2.45, 2.75) is 18.5 Å². The fourth-order valence-corrected chi connectivity index (χ4v) is 3.37. The number of piperidine rings is 1. The molecule has 2 fully saturated rings. The van der Waals surface area contributed by atoms with E-state index < -0.39 is 12.3 Å². The highest BCUT2D eigenvalue weighted by molar-refractivity contribution is 5.78. The van der Waals surface area contributed by atoms with Gasteiger partial charge in [-0.1, -0.05) is 0 Å². The molecule has 8 heteroatoms. The number of aromatic nitrogens is 2. The molecule has 132 valence electrons. The van der Waals surface area contributed by atoms with Gasteiger partial charge in [0.15, 0.2) is 0 Å². The number of likely N-dealkylation sites (tertiary alicyclic amines) is 1. The van der Waals surface area contributed by atoms with Gasteiger partial charge in [-0.05, 0) is 19.4 Å². The Morgan fingerprint density at radius 3 is 2.71 bits per heavy atom. The van der Waals surface area contributed by atoms with Gasteiger partial charge >= 0.3 is 0 Å². The number of alkyl halides is 1. The molecular formula is C16H24FN5O2. The maximum atomic E-state index is 14.2. The zero-order chi connectivity index (χ0) is 17.0. The van der Waals surface area contributed by atoms with Gasteiger partial charge in [0, 0.05) is 45.1 Å². The van der Waals surface area contributed by atoms with Crippen LogP contribution in [0.25, 0.3) is 0 Å². The van der Waals surface area contributed by atoms with Gasteiger partial charge in [-0.3, -0.25) is 14.7 Å². The predicted molar refractivity (Wildman–Crippen MR) is 87.4 cm³/mol. The lowest BCUT2D eigenvalue weighted by molar-refractivity contribution is -0.134. The first-order chi connectivity index (χ1) is 11.6. The SMILES string of the molecule is O=C(CN1CCCC(F)(CO)C1)N1CCN(c2cnccn2)CC1. The lowest BCUT2D eigenvalue weighted by Crippen LogP contribution is -2.54. The molecule has 1 N–H and O–H groups in total. The maximum Gasteiger partial charge on any atom is 0.236 e. The third kappa shape index (κ3) is 3.99. The molecule has 1 amide bonds. The van der Waals surface area contributed by atoms with E-state index >= 15 is 0 Å². The Morgan fingerprint density at radius 1 is 1.25 bits per heavy atom. The van der Waals surface area contributed by atoms with Crippen molar-refractivity contribution in [3.05, 3.63) is 18.6 Å². The fourth-order valence-electron chi connectivity index (χ4n) is 3.37. The van der Waals surface area contributed by atoms with Crippen molar-refractivity contribution < 1.29 is 14.3 Å². The average Bonchev–Trinajstić information content (AvgIpc) is 2.63. The van der Waals surface area contributed by atoms with E-state index in [4.69, 9.17) is 0 Å². The van der Waals surface area contributed by atoms with E-state index in [1.165, 1.54) is 0 Å². The van der Waals surface area contributed by atoms with Gasteiger partial charge in [0.05, 0.1) is 19.3 Å². The summed E-state index contributed by atoms with van der Waals surface area (Å²) in [6, 6.07) is 0. The summed E-state index contributed by atoms with van der Waals surface area (Å²) in [5.74, 6) is 0.849. The Balaban J connectivity index is 1.49. The van der Waals surface area contributed by atoms with Crippen molar-refractivity contribution in [3.63, 3.8) is 0 Å². The first-order valence-corrected chi connectivity index (χ1v) is 8.40. The zero-order valence-electron chi connectivity index (χ0n) is 13.8. The molecule has 1 aromatic rings. The number of carbonyl (C=O) groups is 1. The summed E-state index contributed by atoms with van der Waals surface area (Å²) in [7, 11) is 0. The zero-order valence-corrected chi connectivity index (χ0v) is 13.8. The van der Waals surface area contributed by atoms with Gasteiger partial charge in [-0.15, -0.1) is 0 Å². The molecule has 0 radical (unpaired) electrons. The molecule has 2 aliphatic rings. The Hall–Kier alpha value is -1.80. The Bertz CT molecular complexity index is 553. The second-order valence-corrected chi connectivity index (χ2v) is 6.55. The summed E-state index contributed by atoms with van der Waals surface area (Å²) >= 11 is 0. The fraction of sp³-hybridized carbons (Fsp3) is 0.688. The minimum atomic E-state index is -1.57. The maximum absolute atomic E-state index is 14.2. The van der Waals surface area contributed by atoms with Crippen molar-refractivity contribution >= 4 is 11.7 Å². The molecule has 3 rings (SSSR count). The molecule has 3 heterocycles. The van der Waals surface area contributed by atoms with Crippen molar-refractivity contribution in [3.8, 4) is 0 Å². The molecule has 0 saturated carbocycles. The molecule has 7 nitrogen and oxygen atoms in total. The minimum Gasteiger partial charge on any atom is -0.393 e. The van der Waals surface area contributed by atoms with Gasteiger partial charge in [-0.25, -0.2) is 9.37 Å². The van der Waals surface area contributed by atoms with E-state index in [-0.39, 0.29) is 19.0 Å². The second kappa shape index (κ2) is 7.40. The predicted octanol–water partition coefficient (Wildman–Crippen LogP) is -0.0784. The number of rotatable bonds is 4. The first kappa shape index (κ1) is 17.0. The number of aliphatic hydroxyl groups is 1. The van der Waals surface area contributed by atoms with Crippen LogP contribution in [0.3, 0.4) is 0 Å². The van der Waals surface area contributed by atoms with Crippen molar-refractivity contribution in [2.24, 2.45) is 0 Å². The summed E-state index contributed by atoms with van der Waals surface area (Å²) in [6.07, 6.45) is 6.06. The summed E-state index contributed by atoms with van der Waals surface area (Å²) in [5.41, 5.74) is -1.57. The Labute approximate surface area is 141 Å². The van der Waals surface area contributed by atoms with Gasteiger partial charge in [0.1, 0.15) is 11.5 Å². The molecule has 2 saturated heterocycles. The van der Waals surface area contributed by atoms with Crippen LogP contribution in [-0.2, 0) is 4.79 Å². The van der Waals surface area contributed by atoms with Crippen LogP contribution in [0, 0.1) is 0 Å². The normalized spacial score (nSPS) is 25.8. The number of anilines is 1. The molecule has 0 bridgehead atoms. The number of aliphatic hydroxyl groups excluding tert-OH is 1. The van der Waals surface area contributed by atoms with Crippen molar-refractivity contribution in [2.75, 3.05) is 57.3 Å². The first-order valence-electron chi connectivity index (χ1n) is 8.40. The molecule has 1 unspecified atom stereocenters. The van der Waals surface area contributed by atoms with E-state index in [0.717, 1.165) is 5.82 Å². The number of halogens is 1. The molecule has 1 atom stereocenters. The minimum absolute atomic E-state index is 0.0241. The Morgan fingerprint density at radius 2 is 2.04 bits per heavy atom. The van der Waals surface area contributed by atoms with E-state index in [2.05, 4.69) is 14.9 Å². The summed E-state index contributed by atoms with van der Waals surface area (Å²) in [5, 5.41) is 9.17. The lowest BCUT2D eigenvalue weighted by Gasteiger charge is -2.39. The number of amides is 1. The van der Waals surface area contributed by atoms with Crippen LogP contribution in [0.2, 0.25) is 0 Å². The van der Waals surface area contributed by atoms with Crippen LogP contribution in [0.4, 0.5) is 10.2 Å². The number of piperazine rings is 1. The van der Waals surface area contributed by atoms with Gasteiger partial charge < -0.3 is 14.9 Å². The molecule has 2 aliphatic heterocycles. The highest BCUT2D eigenvalue weighted by Crippen LogP contribution is 2.24. The number of carbonyl (C=O) groups excluding carboxylic acids is 1. The third-order valence-electron chi connectivity index (χ3n) is 4.75. The van der Waals surface area contributed by atoms with Gasteiger partial charge in [0.2, 0.25) is 5.91 Å². The molecular weight excluding hydrogens is 313 g/mol. The van der Waals surface area contributed by atoms with Crippen molar-refractivity contribution in [1.82, 2.24) is 19.8 Å². The molecule has 0 aromatic carbocycles. The smallest absolute Gasteiger partial charge is 0.236 e. The van der Waals surface area contributed by atoms with Crippen LogP contribution in [-0.4, -0.2) is 88.9 Å². The second-order valence-electron chi connectivity index (χ2n) is 6.55. The summed E-state index contributed by atoms with van der Waals surface area (Å²) < 4.78 is 14.2. The number of nitrogens with zero attached hydrogens (tertiary/aromatic N) is 5. The third-order valence-corrected chi connectivity index (χ3v) is 4.75. The highest BCUT2D eigenvalue weighted by Gasteiger charge is 2.36.